The van der Waals surface area contributed by atoms with Crippen LogP contribution in [-0.2, 0) is 11.4 Å². The summed E-state index contributed by atoms with van der Waals surface area (Å²) >= 11 is 1.35. The number of nitrogens with zero attached hydrogens (tertiary/aromatic N) is 1. The number of carbonyl (C=O) groups excluding carboxylic acids is 1. The first-order valence-electron chi connectivity index (χ1n) is 10.9. The molecule has 3 N–H and O–H groups in total. The van der Waals surface area contributed by atoms with Crippen LogP contribution in [-0.4, -0.2) is 23.4 Å². The first-order valence-corrected chi connectivity index (χ1v) is 11.8. The molecule has 0 radical (unpaired) electrons. The molecule has 1 unspecified atom stereocenters. The number of hydrogen-bond acceptors (Lipinski definition) is 6. The van der Waals surface area contributed by atoms with Crippen LogP contribution in [0, 0.1) is 6.92 Å². The van der Waals surface area contributed by atoms with Gasteiger partial charge in [0.25, 0.3) is 5.91 Å². The number of fused-ring (bicyclic) bond motifs is 1. The number of aliphatic hydroxyl groups excluding tert-OH is 1. The predicted octanol–water partition coefficient (Wildman–Crippen LogP) is 5.09. The zero-order valence-corrected chi connectivity index (χ0v) is 19.9. The van der Waals surface area contributed by atoms with Crippen LogP contribution in [0.15, 0.2) is 82.7 Å². The Morgan fingerprint density at radius 3 is 2.61 bits per heavy atom. The number of aliphatic hydroxyl groups is 1. The molecule has 172 valence electrons. The Kier molecular flexibility index (Phi) is 8.92. The van der Waals surface area contributed by atoms with Crippen LogP contribution in [0.2, 0.25) is 0 Å². The predicted molar refractivity (Wildman–Crippen MR) is 134 cm³/mol. The maximum absolute atomic E-state index is 12.5. The molecule has 1 aliphatic heterocycles. The number of aliphatic imine (C=N–C) groups is 1. The third-order valence-electron chi connectivity index (χ3n) is 4.79. The highest BCUT2D eigenvalue weighted by atomic mass is 32.2. The Morgan fingerprint density at radius 2 is 1.82 bits per heavy atom. The van der Waals surface area contributed by atoms with Crippen molar-refractivity contribution in [1.82, 2.24) is 10.0 Å². The highest BCUT2D eigenvalue weighted by Crippen LogP contribution is 2.32. The molecule has 3 aromatic rings. The lowest BCUT2D eigenvalue weighted by molar-refractivity contribution is -0.115. The number of ether oxygens (including phenoxy) is 1. The quantitative estimate of drug-likeness (QED) is 0.425. The highest BCUT2D eigenvalue weighted by molar-refractivity contribution is 7.98. The van der Waals surface area contributed by atoms with Gasteiger partial charge in [-0.3, -0.25) is 4.79 Å². The average Bonchev–Trinajstić information content (AvgIpc) is 2.87. The van der Waals surface area contributed by atoms with E-state index in [4.69, 9.17) is 4.74 Å². The van der Waals surface area contributed by atoms with E-state index in [2.05, 4.69) is 15.0 Å². The van der Waals surface area contributed by atoms with Gasteiger partial charge in [0.1, 0.15) is 12.4 Å². The average molecular weight is 464 g/mol. The van der Waals surface area contributed by atoms with E-state index in [-0.39, 0.29) is 18.3 Å². The van der Waals surface area contributed by atoms with Gasteiger partial charge in [-0.05, 0) is 48.2 Å². The molecule has 1 aliphatic rings. The van der Waals surface area contributed by atoms with Crippen LogP contribution in [0.25, 0.3) is 0 Å². The molecule has 0 saturated heterocycles. The number of rotatable bonds is 7. The largest absolute Gasteiger partial charge is 0.489 e. The first kappa shape index (κ1) is 24.4. The molecule has 1 atom stereocenters. The van der Waals surface area contributed by atoms with E-state index in [0.717, 1.165) is 21.7 Å². The van der Waals surface area contributed by atoms with Gasteiger partial charge >= 0.3 is 0 Å². The molecule has 0 aromatic heterocycles. The van der Waals surface area contributed by atoms with E-state index in [9.17, 15) is 9.90 Å². The Hall–Kier alpha value is -3.29. The molecule has 0 fully saturated rings. The van der Waals surface area contributed by atoms with E-state index in [0.29, 0.717) is 17.9 Å². The molecule has 1 amide bonds. The van der Waals surface area contributed by atoms with E-state index >= 15 is 0 Å². The molecular weight excluding hydrogens is 434 g/mol. The zero-order valence-electron chi connectivity index (χ0n) is 19.0. The van der Waals surface area contributed by atoms with Gasteiger partial charge in [0, 0.05) is 12.1 Å². The maximum Gasteiger partial charge on any atom is 0.287 e. The minimum Gasteiger partial charge on any atom is -0.489 e. The number of hydrogen-bond donors (Lipinski definition) is 3. The summed E-state index contributed by atoms with van der Waals surface area (Å²) in [6.07, 6.45) is -0.914. The minimum atomic E-state index is -0.914. The van der Waals surface area contributed by atoms with E-state index < -0.39 is 6.10 Å². The molecule has 7 heteroatoms. The van der Waals surface area contributed by atoms with Crippen molar-refractivity contribution in [2.45, 2.75) is 38.4 Å². The molecule has 6 nitrogen and oxygen atoms in total. The number of carbonyl (C=O) groups is 1. The summed E-state index contributed by atoms with van der Waals surface area (Å²) in [5.74, 6) is 0.420. The number of benzene rings is 3. The number of aryl methyl sites for hydroxylation is 1. The smallest absolute Gasteiger partial charge is 0.287 e. The number of para-hydroxylation sites is 1. The third kappa shape index (κ3) is 6.60. The van der Waals surface area contributed by atoms with Gasteiger partial charge in [-0.15, -0.1) is 0 Å². The Balaban J connectivity index is 0.00000149. The van der Waals surface area contributed by atoms with E-state index in [1.165, 1.54) is 11.9 Å². The summed E-state index contributed by atoms with van der Waals surface area (Å²) in [5, 5.41) is 13.4. The van der Waals surface area contributed by atoms with Gasteiger partial charge in [0.05, 0.1) is 16.7 Å². The number of amidine groups is 1. The second-order valence-electron chi connectivity index (χ2n) is 7.17. The van der Waals surface area contributed by atoms with Crippen LogP contribution < -0.4 is 14.8 Å². The van der Waals surface area contributed by atoms with Crippen molar-refractivity contribution in [3.8, 4) is 5.75 Å². The Bertz CT molecular complexity index is 1100. The van der Waals surface area contributed by atoms with Gasteiger partial charge in [-0.1, -0.05) is 68.4 Å². The van der Waals surface area contributed by atoms with Gasteiger partial charge in [0.2, 0.25) is 5.84 Å². The monoisotopic (exact) mass is 463 g/mol. The SMILES string of the molecule is CC.Cc1ccc2c(c1)SNC(C(=O)NCC(O)c1ccccc1OCc1ccccc1)=N2. The minimum absolute atomic E-state index is 0.0384. The molecule has 1 heterocycles. The van der Waals surface area contributed by atoms with Gasteiger partial charge in [0.15, 0.2) is 0 Å². The fourth-order valence-corrected chi connectivity index (χ4v) is 3.95. The fraction of sp³-hybridized carbons (Fsp3) is 0.231. The van der Waals surface area contributed by atoms with Crippen molar-refractivity contribution < 1.29 is 14.6 Å². The van der Waals surface area contributed by atoms with Crippen molar-refractivity contribution in [1.29, 1.82) is 0 Å². The van der Waals surface area contributed by atoms with E-state index in [1.807, 2.05) is 87.5 Å². The molecule has 4 rings (SSSR count). The summed E-state index contributed by atoms with van der Waals surface area (Å²) in [4.78, 5) is 17.9. The zero-order chi connectivity index (χ0) is 23.6. The van der Waals surface area contributed by atoms with Gasteiger partial charge in [-0.25, -0.2) is 4.99 Å². The van der Waals surface area contributed by atoms with Crippen molar-refractivity contribution in [2.24, 2.45) is 4.99 Å². The molecule has 0 aliphatic carbocycles. The standard InChI is InChI=1S/C24H23N3O3S.C2H6/c1-16-11-12-19-22(13-16)31-27-23(26-19)24(29)25-14-20(28)18-9-5-6-10-21(18)30-15-17-7-3-2-4-8-17;1-2/h2-13,20,28H,14-15H2,1H3,(H,25,29)(H,26,27);1-2H3. The second kappa shape index (κ2) is 12.1. The van der Waals surface area contributed by atoms with Crippen LogP contribution >= 0.6 is 11.9 Å². The fourth-order valence-electron chi connectivity index (χ4n) is 3.14. The summed E-state index contributed by atoms with van der Waals surface area (Å²) in [7, 11) is 0. The molecular formula is C26H29N3O3S. The summed E-state index contributed by atoms with van der Waals surface area (Å²) < 4.78 is 8.87. The van der Waals surface area contributed by atoms with Crippen molar-refractivity contribution in [3.05, 3.63) is 89.5 Å². The molecule has 3 aromatic carbocycles. The van der Waals surface area contributed by atoms with Gasteiger partial charge in [-0.2, -0.15) is 0 Å². The molecule has 0 spiro atoms. The highest BCUT2D eigenvalue weighted by Gasteiger charge is 2.20. The van der Waals surface area contributed by atoms with Crippen molar-refractivity contribution in [3.63, 3.8) is 0 Å². The Morgan fingerprint density at radius 1 is 1.09 bits per heavy atom. The summed E-state index contributed by atoms with van der Waals surface area (Å²) in [5.41, 5.74) is 3.54. The molecule has 0 bridgehead atoms. The lowest BCUT2D eigenvalue weighted by atomic mass is 10.1. The topological polar surface area (TPSA) is 83.0 Å². The Labute approximate surface area is 199 Å². The van der Waals surface area contributed by atoms with Crippen LogP contribution in [0.1, 0.15) is 36.6 Å². The normalized spacial score (nSPS) is 12.8. The maximum atomic E-state index is 12.5. The lowest BCUT2D eigenvalue weighted by Crippen LogP contribution is -2.40. The lowest BCUT2D eigenvalue weighted by Gasteiger charge is -2.19. The second-order valence-corrected chi connectivity index (χ2v) is 8.02. The number of amides is 1. The van der Waals surface area contributed by atoms with Gasteiger partial charge < -0.3 is 19.9 Å². The van der Waals surface area contributed by atoms with E-state index in [1.54, 1.807) is 6.07 Å². The van der Waals surface area contributed by atoms with Crippen LogP contribution in [0.3, 0.4) is 0 Å². The first-order chi connectivity index (χ1) is 16.1. The third-order valence-corrected chi connectivity index (χ3v) is 5.63. The number of nitrogens with one attached hydrogen (secondary N) is 2. The summed E-state index contributed by atoms with van der Waals surface area (Å²) in [6, 6.07) is 23.0. The summed E-state index contributed by atoms with van der Waals surface area (Å²) in [6.45, 7) is 6.44. The van der Waals surface area contributed by atoms with Crippen molar-refractivity contribution >= 4 is 29.4 Å². The van der Waals surface area contributed by atoms with Crippen LogP contribution in [0.4, 0.5) is 5.69 Å². The van der Waals surface area contributed by atoms with Crippen LogP contribution in [0.5, 0.6) is 5.75 Å². The molecule has 33 heavy (non-hydrogen) atoms. The van der Waals surface area contributed by atoms with Crippen molar-refractivity contribution in [2.75, 3.05) is 6.54 Å². The molecule has 0 saturated carbocycles.